The van der Waals surface area contributed by atoms with Crippen LogP contribution in [-0.2, 0) is 0 Å². The highest BCUT2D eigenvalue weighted by Crippen LogP contribution is 2.15. The van der Waals surface area contributed by atoms with Gasteiger partial charge in [-0.1, -0.05) is 0 Å². The van der Waals surface area contributed by atoms with Gasteiger partial charge in [0.05, 0.1) is 50.4 Å². The molecule has 0 unspecified atom stereocenters. The molecule has 164 valence electrons. The first-order valence-electron chi connectivity index (χ1n) is 10.1. The molecule has 3 heterocycles. The van der Waals surface area contributed by atoms with E-state index < -0.39 is 5.69 Å². The Kier molecular flexibility index (Phi) is 5.15. The molecule has 0 amide bonds. The van der Waals surface area contributed by atoms with Gasteiger partial charge in [0.15, 0.2) is 12.7 Å². The van der Waals surface area contributed by atoms with Gasteiger partial charge in [-0.3, -0.25) is 9.13 Å². The molecule has 1 N–H and O–H groups in total. The summed E-state index contributed by atoms with van der Waals surface area (Å²) in [5, 5.41) is 0. The number of aromatic nitrogens is 7. The van der Waals surface area contributed by atoms with Crippen molar-refractivity contribution in [3.05, 3.63) is 96.5 Å². The molecule has 0 bridgehead atoms. The second kappa shape index (κ2) is 8.42. The van der Waals surface area contributed by atoms with Crippen LogP contribution in [0.4, 0.5) is 0 Å². The summed E-state index contributed by atoms with van der Waals surface area (Å²) in [7, 11) is 3.26. The van der Waals surface area contributed by atoms with E-state index >= 15 is 0 Å². The molecular formula is C23H21N7O3+2. The molecule has 5 rings (SSSR count). The van der Waals surface area contributed by atoms with Crippen LogP contribution in [0.3, 0.4) is 0 Å². The van der Waals surface area contributed by atoms with E-state index in [4.69, 9.17) is 9.47 Å². The van der Waals surface area contributed by atoms with Gasteiger partial charge in [0.25, 0.3) is 0 Å². The molecule has 0 fully saturated rings. The monoisotopic (exact) mass is 443 g/mol. The van der Waals surface area contributed by atoms with Crippen molar-refractivity contribution >= 4 is 0 Å². The van der Waals surface area contributed by atoms with Crippen LogP contribution < -0.4 is 24.3 Å². The predicted molar refractivity (Wildman–Crippen MR) is 117 cm³/mol. The normalized spacial score (nSPS) is 10.8. The standard InChI is InChI=1S/C23H20N7O3/c1-32-19-7-3-17(4-8-19)27-11-13-29(15-27)21-24-22(26-23(31)25-21)30-14-12-28(16-30)18-5-9-20(33-2)10-6-18/h3-16H,1-2H3/q+1/p+1. The minimum absolute atomic E-state index is 0.255. The smallest absolute Gasteiger partial charge is 0.449 e. The van der Waals surface area contributed by atoms with Crippen molar-refractivity contribution in [2.75, 3.05) is 14.2 Å². The molecule has 2 aromatic carbocycles. The Bertz CT molecular complexity index is 1340. The van der Waals surface area contributed by atoms with Gasteiger partial charge in [0, 0.05) is 0 Å². The Labute approximate surface area is 188 Å². The Morgan fingerprint density at radius 3 is 1.82 bits per heavy atom. The first kappa shape index (κ1) is 20.2. The highest BCUT2D eigenvalue weighted by Gasteiger charge is 2.19. The lowest BCUT2D eigenvalue weighted by atomic mass is 10.3. The summed E-state index contributed by atoms with van der Waals surface area (Å²) in [6.07, 6.45) is 10.9. The second-order valence-electron chi connectivity index (χ2n) is 7.13. The van der Waals surface area contributed by atoms with E-state index in [0.717, 1.165) is 22.9 Å². The minimum Gasteiger partial charge on any atom is -0.497 e. The van der Waals surface area contributed by atoms with Crippen molar-refractivity contribution < 1.29 is 18.6 Å². The second-order valence-corrected chi connectivity index (χ2v) is 7.13. The SMILES string of the molecule is COc1ccc(-n2cc[n+](-c3nc(-[n+]4ccn(-c5ccc(OC)cc5)c4)[nH]c(=O)n3)c2)cc1. The zero-order valence-corrected chi connectivity index (χ0v) is 18.0. The third-order valence-electron chi connectivity index (χ3n) is 5.12. The molecule has 5 aromatic rings. The Hall–Kier alpha value is -4.73. The molecule has 0 saturated heterocycles. The number of methoxy groups -OCH3 is 2. The van der Waals surface area contributed by atoms with E-state index in [-0.39, 0.29) is 5.95 Å². The summed E-state index contributed by atoms with van der Waals surface area (Å²) in [5.41, 5.74) is 1.38. The summed E-state index contributed by atoms with van der Waals surface area (Å²) in [5.74, 6) is 2.16. The van der Waals surface area contributed by atoms with Crippen molar-refractivity contribution in [1.29, 1.82) is 0 Å². The van der Waals surface area contributed by atoms with Gasteiger partial charge >= 0.3 is 17.6 Å². The predicted octanol–water partition coefficient (Wildman–Crippen LogP) is 1.32. The largest absolute Gasteiger partial charge is 0.497 e. The molecule has 0 spiro atoms. The van der Waals surface area contributed by atoms with Crippen LogP contribution in [0.5, 0.6) is 11.5 Å². The van der Waals surface area contributed by atoms with E-state index in [2.05, 4.69) is 15.0 Å². The number of hydrogen-bond donors (Lipinski definition) is 1. The van der Waals surface area contributed by atoms with Gasteiger partial charge in [-0.05, 0) is 58.5 Å². The first-order chi connectivity index (χ1) is 16.1. The number of imidazole rings is 2. The number of nitrogens with zero attached hydrogens (tertiary/aromatic N) is 6. The zero-order chi connectivity index (χ0) is 22.8. The molecule has 0 saturated carbocycles. The average molecular weight is 443 g/mol. The van der Waals surface area contributed by atoms with E-state index in [0.29, 0.717) is 5.95 Å². The zero-order valence-electron chi connectivity index (χ0n) is 18.0. The van der Waals surface area contributed by atoms with E-state index in [1.807, 2.05) is 76.4 Å². The number of benzene rings is 2. The lowest BCUT2D eigenvalue weighted by Gasteiger charge is -2.01. The van der Waals surface area contributed by atoms with Crippen LogP contribution in [0.15, 0.2) is 90.8 Å². The van der Waals surface area contributed by atoms with Gasteiger partial charge in [-0.15, -0.1) is 0 Å². The average Bonchev–Trinajstić information content (AvgIpc) is 3.54. The summed E-state index contributed by atoms with van der Waals surface area (Å²) >= 11 is 0. The summed E-state index contributed by atoms with van der Waals surface area (Å²) < 4.78 is 17.6. The molecule has 3 aromatic heterocycles. The number of aromatic amines is 1. The van der Waals surface area contributed by atoms with Crippen LogP contribution in [0.1, 0.15) is 0 Å². The van der Waals surface area contributed by atoms with Gasteiger partial charge in [0.2, 0.25) is 0 Å². The van der Waals surface area contributed by atoms with Crippen molar-refractivity contribution in [1.82, 2.24) is 24.1 Å². The maximum absolute atomic E-state index is 12.3. The van der Waals surface area contributed by atoms with Crippen molar-refractivity contribution in [2.24, 2.45) is 0 Å². The third kappa shape index (κ3) is 4.09. The highest BCUT2D eigenvalue weighted by molar-refractivity contribution is 5.37. The third-order valence-corrected chi connectivity index (χ3v) is 5.12. The number of nitrogens with one attached hydrogen (secondary N) is 1. The lowest BCUT2D eigenvalue weighted by Crippen LogP contribution is -2.40. The number of rotatable bonds is 6. The molecule has 0 atom stereocenters. The lowest BCUT2D eigenvalue weighted by molar-refractivity contribution is -0.615. The summed E-state index contributed by atoms with van der Waals surface area (Å²) in [4.78, 5) is 23.5. The number of hydrogen-bond acceptors (Lipinski definition) is 5. The maximum atomic E-state index is 12.3. The van der Waals surface area contributed by atoms with Crippen LogP contribution in [-0.4, -0.2) is 38.3 Å². The first-order valence-corrected chi connectivity index (χ1v) is 10.1. The number of H-pyrrole nitrogens is 1. The summed E-state index contributed by atoms with van der Waals surface area (Å²) in [6, 6.07) is 15.3. The van der Waals surface area contributed by atoms with Crippen LogP contribution in [0, 0.1) is 0 Å². The van der Waals surface area contributed by atoms with Crippen LogP contribution >= 0.6 is 0 Å². The fourth-order valence-electron chi connectivity index (χ4n) is 3.37. The molecule has 10 nitrogen and oxygen atoms in total. The quantitative estimate of drug-likeness (QED) is 0.400. The van der Waals surface area contributed by atoms with Crippen LogP contribution in [0.2, 0.25) is 0 Å². The molecule has 0 radical (unpaired) electrons. The van der Waals surface area contributed by atoms with E-state index in [1.165, 1.54) is 0 Å². The van der Waals surface area contributed by atoms with Gasteiger partial charge in [0.1, 0.15) is 11.5 Å². The number of ether oxygens (including phenoxy) is 2. The molecule has 10 heteroatoms. The fraction of sp³-hybridized carbons (Fsp3) is 0.0870. The van der Waals surface area contributed by atoms with Crippen molar-refractivity contribution in [3.63, 3.8) is 0 Å². The Morgan fingerprint density at radius 1 is 0.758 bits per heavy atom. The van der Waals surface area contributed by atoms with E-state index in [1.54, 1.807) is 42.1 Å². The van der Waals surface area contributed by atoms with Gasteiger partial charge in [-0.2, -0.15) is 9.55 Å². The summed E-state index contributed by atoms with van der Waals surface area (Å²) in [6.45, 7) is 0. The molecule has 0 aliphatic heterocycles. The van der Waals surface area contributed by atoms with Gasteiger partial charge in [-0.25, -0.2) is 9.36 Å². The molecule has 0 aliphatic carbocycles. The van der Waals surface area contributed by atoms with Crippen molar-refractivity contribution in [2.45, 2.75) is 0 Å². The Balaban J connectivity index is 1.45. The molecular weight excluding hydrogens is 422 g/mol. The van der Waals surface area contributed by atoms with Gasteiger partial charge < -0.3 is 9.47 Å². The van der Waals surface area contributed by atoms with Crippen LogP contribution in [0.25, 0.3) is 23.3 Å². The molecule has 0 aliphatic rings. The van der Waals surface area contributed by atoms with Crippen molar-refractivity contribution in [3.8, 4) is 34.8 Å². The highest BCUT2D eigenvalue weighted by atomic mass is 16.5. The van der Waals surface area contributed by atoms with E-state index in [9.17, 15) is 4.79 Å². The topological polar surface area (TPSA) is 94.7 Å². The molecule has 33 heavy (non-hydrogen) atoms. The Morgan fingerprint density at radius 2 is 1.27 bits per heavy atom. The maximum Gasteiger partial charge on any atom is 0.449 e. The fourth-order valence-corrected chi connectivity index (χ4v) is 3.37. The minimum atomic E-state index is -0.496.